The summed E-state index contributed by atoms with van der Waals surface area (Å²) in [6.45, 7) is 2.95. The molecule has 0 bridgehead atoms. The maximum absolute atomic E-state index is 11.1. The molecule has 0 aliphatic carbocycles. The lowest BCUT2D eigenvalue weighted by atomic mass is 9.85. The number of nitrogens with two attached hydrogens (primary N) is 1. The number of rotatable bonds is 2. The fourth-order valence-electron chi connectivity index (χ4n) is 2.18. The number of carbonyl (C=O) groups is 2. The minimum absolute atomic E-state index is 0.282. The van der Waals surface area contributed by atoms with Gasteiger partial charge in [-0.05, 0) is 12.0 Å². The Bertz CT molecular complexity index is 520. The molecule has 0 aromatic heterocycles. The van der Waals surface area contributed by atoms with Crippen LogP contribution < -0.4 is 5.73 Å². The van der Waals surface area contributed by atoms with Gasteiger partial charge in [0.2, 0.25) is 0 Å². The Morgan fingerprint density at radius 2 is 1.82 bits per heavy atom. The SMILES string of the molecule is C[C@H](c1ccccc1)C1CCN1C(N)=O.O=C(O)C(F)(F)F. The van der Waals surface area contributed by atoms with Crippen molar-refractivity contribution < 1.29 is 27.9 Å². The van der Waals surface area contributed by atoms with Gasteiger partial charge in [-0.2, -0.15) is 13.2 Å². The summed E-state index contributed by atoms with van der Waals surface area (Å²) in [5.74, 6) is -2.39. The molecule has 1 fully saturated rings. The predicted octanol–water partition coefficient (Wildman–Crippen LogP) is 2.58. The van der Waals surface area contributed by atoms with E-state index in [9.17, 15) is 18.0 Å². The lowest BCUT2D eigenvalue weighted by molar-refractivity contribution is -0.192. The van der Waals surface area contributed by atoms with Gasteiger partial charge in [-0.15, -0.1) is 0 Å². The van der Waals surface area contributed by atoms with Gasteiger partial charge >= 0.3 is 18.2 Å². The van der Waals surface area contributed by atoms with E-state index < -0.39 is 12.1 Å². The summed E-state index contributed by atoms with van der Waals surface area (Å²) in [7, 11) is 0. The van der Waals surface area contributed by atoms with Crippen LogP contribution in [-0.2, 0) is 4.79 Å². The van der Waals surface area contributed by atoms with E-state index in [0.29, 0.717) is 5.92 Å². The van der Waals surface area contributed by atoms with E-state index in [-0.39, 0.29) is 12.1 Å². The standard InChI is InChI=1S/C12H16N2O.C2HF3O2/c1-9(10-5-3-2-4-6-10)11-7-8-14(11)12(13)15;3-2(4,5)1(6)7/h2-6,9,11H,7-8H2,1H3,(H2,13,15);(H,6,7)/t9-,11?;/m1./s1. The van der Waals surface area contributed by atoms with E-state index >= 15 is 0 Å². The number of amides is 2. The molecule has 1 heterocycles. The molecule has 1 unspecified atom stereocenters. The number of benzene rings is 1. The van der Waals surface area contributed by atoms with Crippen molar-refractivity contribution in [3.63, 3.8) is 0 Å². The Balaban J connectivity index is 0.000000295. The quantitative estimate of drug-likeness (QED) is 0.879. The molecule has 22 heavy (non-hydrogen) atoms. The lowest BCUT2D eigenvalue weighted by Gasteiger charge is -2.43. The molecule has 1 aliphatic rings. The molecule has 122 valence electrons. The van der Waals surface area contributed by atoms with Gasteiger partial charge in [0.25, 0.3) is 0 Å². The molecule has 0 saturated carbocycles. The van der Waals surface area contributed by atoms with Gasteiger partial charge in [0, 0.05) is 18.5 Å². The monoisotopic (exact) mass is 318 g/mol. The van der Waals surface area contributed by atoms with Crippen LogP contribution in [0.15, 0.2) is 30.3 Å². The number of nitrogens with zero attached hydrogens (tertiary/aromatic N) is 1. The van der Waals surface area contributed by atoms with Crippen molar-refractivity contribution in [2.45, 2.75) is 31.5 Å². The second-order valence-corrected chi connectivity index (χ2v) is 4.89. The third kappa shape index (κ3) is 4.64. The van der Waals surface area contributed by atoms with Crippen molar-refractivity contribution in [2.24, 2.45) is 5.73 Å². The smallest absolute Gasteiger partial charge is 0.475 e. The highest BCUT2D eigenvalue weighted by Gasteiger charge is 2.38. The van der Waals surface area contributed by atoms with Crippen LogP contribution >= 0.6 is 0 Å². The summed E-state index contributed by atoms with van der Waals surface area (Å²) in [4.78, 5) is 21.7. The summed E-state index contributed by atoms with van der Waals surface area (Å²) in [6.07, 6.45) is -4.03. The molecule has 2 amide bonds. The summed E-state index contributed by atoms with van der Waals surface area (Å²) in [6, 6.07) is 10.2. The molecule has 5 nitrogen and oxygen atoms in total. The van der Waals surface area contributed by atoms with Crippen molar-refractivity contribution in [3.8, 4) is 0 Å². The summed E-state index contributed by atoms with van der Waals surface area (Å²) in [5, 5.41) is 7.12. The highest BCUT2D eigenvalue weighted by molar-refractivity contribution is 5.73. The van der Waals surface area contributed by atoms with Gasteiger partial charge in [-0.1, -0.05) is 37.3 Å². The second kappa shape index (κ2) is 7.15. The summed E-state index contributed by atoms with van der Waals surface area (Å²) in [5.41, 5.74) is 6.56. The van der Waals surface area contributed by atoms with Crippen LogP contribution in [0.2, 0.25) is 0 Å². The highest BCUT2D eigenvalue weighted by atomic mass is 19.4. The van der Waals surface area contributed by atoms with Crippen molar-refractivity contribution in [1.29, 1.82) is 0 Å². The maximum Gasteiger partial charge on any atom is 0.490 e. The third-order valence-corrected chi connectivity index (χ3v) is 3.49. The zero-order valence-electron chi connectivity index (χ0n) is 11.9. The van der Waals surface area contributed by atoms with Crippen LogP contribution in [0.3, 0.4) is 0 Å². The minimum atomic E-state index is -5.08. The largest absolute Gasteiger partial charge is 0.490 e. The van der Waals surface area contributed by atoms with Gasteiger partial charge in [0.05, 0.1) is 0 Å². The van der Waals surface area contributed by atoms with Gasteiger partial charge in [0.15, 0.2) is 0 Å². The summed E-state index contributed by atoms with van der Waals surface area (Å²) >= 11 is 0. The average Bonchev–Trinajstić information content (AvgIpc) is 2.37. The number of primary amides is 1. The first-order valence-corrected chi connectivity index (χ1v) is 6.55. The van der Waals surface area contributed by atoms with Gasteiger partial charge in [0.1, 0.15) is 0 Å². The van der Waals surface area contributed by atoms with Crippen LogP contribution in [0.1, 0.15) is 24.8 Å². The van der Waals surface area contributed by atoms with Gasteiger partial charge in [-0.25, -0.2) is 9.59 Å². The Kier molecular flexibility index (Phi) is 5.78. The zero-order valence-corrected chi connectivity index (χ0v) is 11.9. The number of carboxylic acid groups (broad SMARTS) is 1. The number of urea groups is 1. The molecule has 3 N–H and O–H groups in total. The molecular formula is C14H17F3N2O3. The van der Waals surface area contributed by atoms with Gasteiger partial charge < -0.3 is 15.7 Å². The number of carbonyl (C=O) groups excluding carboxylic acids is 1. The van der Waals surface area contributed by atoms with E-state index in [2.05, 4.69) is 19.1 Å². The molecule has 1 aromatic rings. The zero-order chi connectivity index (χ0) is 16.9. The first-order valence-electron chi connectivity index (χ1n) is 6.55. The van der Waals surface area contributed by atoms with Crippen LogP contribution in [0.5, 0.6) is 0 Å². The van der Waals surface area contributed by atoms with Crippen LogP contribution in [0.4, 0.5) is 18.0 Å². The fraction of sp³-hybridized carbons (Fsp3) is 0.429. The second-order valence-electron chi connectivity index (χ2n) is 4.89. The topological polar surface area (TPSA) is 83.6 Å². The number of likely N-dealkylation sites (tertiary alicyclic amines) is 1. The van der Waals surface area contributed by atoms with Crippen molar-refractivity contribution in [2.75, 3.05) is 6.54 Å². The third-order valence-electron chi connectivity index (χ3n) is 3.49. The molecule has 0 spiro atoms. The lowest BCUT2D eigenvalue weighted by Crippen LogP contribution is -2.55. The van der Waals surface area contributed by atoms with E-state index in [0.717, 1.165) is 13.0 Å². The number of hydrogen-bond acceptors (Lipinski definition) is 2. The summed E-state index contributed by atoms with van der Waals surface area (Å²) < 4.78 is 31.7. The molecule has 2 atom stereocenters. The van der Waals surface area contributed by atoms with Crippen molar-refractivity contribution in [3.05, 3.63) is 35.9 Å². The Morgan fingerprint density at radius 3 is 2.14 bits per heavy atom. The van der Waals surface area contributed by atoms with E-state index in [4.69, 9.17) is 15.6 Å². The molecule has 1 saturated heterocycles. The highest BCUT2D eigenvalue weighted by Crippen LogP contribution is 2.31. The molecule has 1 aliphatic heterocycles. The number of alkyl halides is 3. The first-order chi connectivity index (χ1) is 10.1. The number of aliphatic carboxylic acids is 1. The Hall–Kier alpha value is -2.25. The van der Waals surface area contributed by atoms with Crippen LogP contribution in [0.25, 0.3) is 0 Å². The van der Waals surface area contributed by atoms with Crippen molar-refractivity contribution in [1.82, 2.24) is 4.90 Å². The average molecular weight is 318 g/mol. The Morgan fingerprint density at radius 1 is 1.32 bits per heavy atom. The van der Waals surface area contributed by atoms with Crippen LogP contribution in [0, 0.1) is 0 Å². The molecular weight excluding hydrogens is 301 g/mol. The number of carboxylic acids is 1. The minimum Gasteiger partial charge on any atom is -0.475 e. The maximum atomic E-state index is 11.1. The predicted molar refractivity (Wildman–Crippen MR) is 73.2 cm³/mol. The molecule has 0 radical (unpaired) electrons. The van der Waals surface area contributed by atoms with E-state index in [1.807, 2.05) is 18.2 Å². The van der Waals surface area contributed by atoms with E-state index in [1.54, 1.807) is 4.90 Å². The first kappa shape index (κ1) is 17.8. The van der Waals surface area contributed by atoms with E-state index in [1.165, 1.54) is 5.56 Å². The number of halogens is 3. The van der Waals surface area contributed by atoms with Crippen molar-refractivity contribution >= 4 is 12.0 Å². The molecule has 2 rings (SSSR count). The molecule has 8 heteroatoms. The van der Waals surface area contributed by atoms with Crippen LogP contribution in [-0.4, -0.2) is 40.8 Å². The normalized spacial score (nSPS) is 18.5. The fourth-order valence-corrected chi connectivity index (χ4v) is 2.18. The Labute approximate surface area is 125 Å². The number of hydrogen-bond donors (Lipinski definition) is 2. The molecule has 1 aromatic carbocycles. The van der Waals surface area contributed by atoms with Gasteiger partial charge in [-0.3, -0.25) is 0 Å².